The summed E-state index contributed by atoms with van der Waals surface area (Å²) in [7, 11) is 0. The molecule has 2 aromatic rings. The summed E-state index contributed by atoms with van der Waals surface area (Å²) in [5.41, 5.74) is 3.67. The van der Waals surface area contributed by atoms with Crippen molar-refractivity contribution in [2.24, 2.45) is 0 Å². The predicted octanol–water partition coefficient (Wildman–Crippen LogP) is 3.86. The second kappa shape index (κ2) is 16.1. The van der Waals surface area contributed by atoms with E-state index in [1.54, 1.807) is 18.0 Å². The minimum atomic E-state index is -0.0359. The Balaban J connectivity index is 0.000000930. The maximum atomic E-state index is 9.61. The fourth-order valence-electron chi connectivity index (χ4n) is 2.18. The van der Waals surface area contributed by atoms with Crippen LogP contribution in [0.15, 0.2) is 41.7 Å². The van der Waals surface area contributed by atoms with E-state index in [9.17, 15) is 5.11 Å². The summed E-state index contributed by atoms with van der Waals surface area (Å²) in [6.45, 7) is 8.62. The number of aromatic nitrogens is 3. The molecule has 1 aliphatic rings. The molecule has 2 aromatic heterocycles. The molecule has 5 nitrogen and oxygen atoms in total. The summed E-state index contributed by atoms with van der Waals surface area (Å²) in [4.78, 5) is 4.37. The van der Waals surface area contributed by atoms with E-state index in [2.05, 4.69) is 28.0 Å². The SMILES string of the molecule is CC.CC.CSC.OCc1cn(C2=CC=C(S)NC2)nc1-c1cccn[c]1[Hg]. The molecule has 151 valence electrons. The number of aliphatic hydroxyl groups excluding tert-OH is 1. The van der Waals surface area contributed by atoms with Crippen LogP contribution in [-0.4, -0.2) is 38.9 Å². The van der Waals surface area contributed by atoms with Gasteiger partial charge in [0.1, 0.15) is 0 Å². The number of aliphatic hydroxyl groups is 1. The van der Waals surface area contributed by atoms with Crippen molar-refractivity contribution in [3.8, 4) is 11.3 Å². The summed E-state index contributed by atoms with van der Waals surface area (Å²) in [6, 6.07) is 3.92. The van der Waals surface area contributed by atoms with Gasteiger partial charge in [-0.3, -0.25) is 0 Å². The van der Waals surface area contributed by atoms with E-state index in [1.807, 2.05) is 75.4 Å². The normalized spacial score (nSPS) is 11.9. The van der Waals surface area contributed by atoms with E-state index in [4.69, 9.17) is 0 Å². The first-order chi connectivity index (χ1) is 13.6. The first-order valence-corrected chi connectivity index (χ1v) is 14.1. The summed E-state index contributed by atoms with van der Waals surface area (Å²) in [5, 5.41) is 18.3. The van der Waals surface area contributed by atoms with Gasteiger partial charge in [-0.2, -0.15) is 11.8 Å². The zero-order valence-corrected chi connectivity index (χ0v) is 24.9. The molecule has 2 N–H and O–H groups in total. The van der Waals surface area contributed by atoms with Gasteiger partial charge in [-0.15, -0.1) is 0 Å². The monoisotopic (exact) mass is 609 g/mol. The molecule has 0 aliphatic carbocycles. The predicted molar refractivity (Wildman–Crippen MR) is 122 cm³/mol. The summed E-state index contributed by atoms with van der Waals surface area (Å²) < 4.78 is 2.90. The van der Waals surface area contributed by atoms with E-state index in [0.717, 1.165) is 30.7 Å². The van der Waals surface area contributed by atoms with Gasteiger partial charge in [0.15, 0.2) is 0 Å². The molecule has 0 bridgehead atoms. The Bertz CT molecular complexity index is 760. The molecule has 0 amide bonds. The van der Waals surface area contributed by atoms with Gasteiger partial charge in [-0.1, -0.05) is 27.7 Å². The first-order valence-electron chi connectivity index (χ1n) is 9.31. The van der Waals surface area contributed by atoms with Gasteiger partial charge < -0.3 is 0 Å². The third-order valence-corrected chi connectivity index (χ3v) is 5.78. The van der Waals surface area contributed by atoms with E-state index in [-0.39, 0.29) is 6.61 Å². The maximum absolute atomic E-state index is 9.61. The van der Waals surface area contributed by atoms with Crippen molar-refractivity contribution in [3.63, 3.8) is 0 Å². The number of dihydropyridines is 1. The molecule has 0 saturated carbocycles. The van der Waals surface area contributed by atoms with Gasteiger partial charge >= 0.3 is 145 Å². The Morgan fingerprint density at radius 3 is 2.39 bits per heavy atom. The standard InChI is InChI=1S/C14H13N4OS.C2H6S.2C2H6.Hg/c19-9-11-8-18(12-3-4-13(20)16-7-12)17-14(11)10-2-1-5-15-6-10;1-3-2;2*1-2;/h1-5,8,16,19-20H,7,9H2;1-2H3;2*1-2H3;. The van der Waals surface area contributed by atoms with Crippen LogP contribution in [0.3, 0.4) is 0 Å². The Labute approximate surface area is 195 Å². The first kappa shape index (κ1) is 27.2. The van der Waals surface area contributed by atoms with Gasteiger partial charge in [0.2, 0.25) is 0 Å². The second-order valence-electron chi connectivity index (χ2n) is 5.07. The van der Waals surface area contributed by atoms with E-state index in [1.165, 1.54) is 0 Å². The Morgan fingerprint density at radius 2 is 1.89 bits per heavy atom. The fraction of sp³-hybridized carbons (Fsp3) is 0.400. The molecule has 8 heteroatoms. The molecule has 0 spiro atoms. The van der Waals surface area contributed by atoms with Crippen molar-refractivity contribution in [1.82, 2.24) is 20.1 Å². The van der Waals surface area contributed by atoms with Crippen LogP contribution in [-0.2, 0) is 32.7 Å². The average molecular weight is 608 g/mol. The number of nitrogens with zero attached hydrogens (tertiary/aromatic N) is 3. The van der Waals surface area contributed by atoms with Crippen LogP contribution in [0.1, 0.15) is 33.3 Å². The topological polar surface area (TPSA) is 63.0 Å². The number of thioether (sulfide) groups is 1. The number of thiol groups is 1. The molecule has 0 unspecified atom stereocenters. The molecule has 0 radical (unpaired) electrons. The number of pyridine rings is 1. The van der Waals surface area contributed by atoms with Gasteiger partial charge in [0.05, 0.1) is 0 Å². The van der Waals surface area contributed by atoms with Gasteiger partial charge in [0.25, 0.3) is 0 Å². The van der Waals surface area contributed by atoms with Crippen LogP contribution in [0.25, 0.3) is 17.0 Å². The fourth-order valence-corrected chi connectivity index (χ4v) is 3.86. The third kappa shape index (κ3) is 8.31. The zero-order valence-electron chi connectivity index (χ0n) is 17.7. The van der Waals surface area contributed by atoms with Crippen LogP contribution in [0.2, 0.25) is 0 Å². The van der Waals surface area contributed by atoms with Gasteiger partial charge in [-0.25, -0.2) is 0 Å². The van der Waals surface area contributed by atoms with Crippen molar-refractivity contribution in [2.45, 2.75) is 34.3 Å². The number of hydrogen-bond donors (Lipinski definition) is 3. The number of rotatable bonds is 3. The minimum absolute atomic E-state index is 0.0359. The van der Waals surface area contributed by atoms with Crippen LogP contribution in [0.4, 0.5) is 0 Å². The summed E-state index contributed by atoms with van der Waals surface area (Å²) in [5.74, 6) is 0. The third-order valence-electron chi connectivity index (χ3n) is 3.28. The number of nitrogens with one attached hydrogen (secondary N) is 1. The quantitative estimate of drug-likeness (QED) is 0.366. The Morgan fingerprint density at radius 1 is 1.25 bits per heavy atom. The van der Waals surface area contributed by atoms with Crippen LogP contribution in [0.5, 0.6) is 0 Å². The summed E-state index contributed by atoms with van der Waals surface area (Å²) in [6.07, 6.45) is 11.6. The molecular formula is C20H31HgN4OS2. The zero-order chi connectivity index (χ0) is 21.5. The molecule has 28 heavy (non-hydrogen) atoms. The van der Waals surface area contributed by atoms with Crippen molar-refractivity contribution in [2.75, 3.05) is 19.1 Å². The number of hydrogen-bond acceptors (Lipinski definition) is 6. The van der Waals surface area contributed by atoms with E-state index >= 15 is 0 Å². The van der Waals surface area contributed by atoms with E-state index in [0.29, 0.717) is 32.7 Å². The van der Waals surface area contributed by atoms with Crippen LogP contribution < -0.4 is 8.52 Å². The average Bonchev–Trinajstić information content (AvgIpc) is 3.17. The number of allylic oxidation sites excluding steroid dienone is 2. The molecule has 3 rings (SSSR count). The van der Waals surface area contributed by atoms with Gasteiger partial charge in [-0.05, 0) is 12.5 Å². The Hall–Kier alpha value is -0.765. The van der Waals surface area contributed by atoms with Crippen LogP contribution in [0, 0.1) is 0 Å². The molecule has 1 aliphatic heterocycles. The van der Waals surface area contributed by atoms with Crippen LogP contribution >= 0.6 is 24.4 Å². The molecule has 0 fully saturated rings. The molecule has 0 aromatic carbocycles. The van der Waals surface area contributed by atoms with E-state index < -0.39 is 0 Å². The van der Waals surface area contributed by atoms with Crippen molar-refractivity contribution in [1.29, 1.82) is 0 Å². The summed E-state index contributed by atoms with van der Waals surface area (Å²) >= 11 is 6.41. The molecule has 3 heterocycles. The molecule has 0 saturated heterocycles. The van der Waals surface area contributed by atoms with Gasteiger partial charge in [0, 0.05) is 0 Å². The van der Waals surface area contributed by atoms with Crippen molar-refractivity contribution < 1.29 is 31.2 Å². The van der Waals surface area contributed by atoms with Crippen molar-refractivity contribution >= 4 is 33.3 Å². The van der Waals surface area contributed by atoms with Crippen molar-refractivity contribution in [3.05, 3.63) is 47.3 Å². The second-order valence-corrected chi connectivity index (χ2v) is 8.98. The molecular weight excluding hydrogens is 577 g/mol. The Kier molecular flexibility index (Phi) is 15.6. The molecule has 0 atom stereocenters.